The van der Waals surface area contributed by atoms with Crippen LogP contribution in [0.25, 0.3) is 22.4 Å². The molecule has 2 saturated carbocycles. The Hall–Kier alpha value is -3.24. The fourth-order valence-corrected chi connectivity index (χ4v) is 5.92. The third-order valence-corrected chi connectivity index (χ3v) is 8.10. The van der Waals surface area contributed by atoms with E-state index in [1.54, 1.807) is 0 Å². The van der Waals surface area contributed by atoms with Crippen molar-refractivity contribution in [1.29, 1.82) is 0 Å². The zero-order valence-corrected chi connectivity index (χ0v) is 20.8. The Morgan fingerprint density at radius 3 is 2.38 bits per heavy atom. The van der Waals surface area contributed by atoms with E-state index < -0.39 is 0 Å². The predicted octanol–water partition coefficient (Wildman–Crippen LogP) is 3.62. The highest BCUT2D eigenvalue weighted by atomic mass is 16.5. The number of carbonyl (C=O) groups is 1. The number of nitrogens with zero attached hydrogens (tertiary/aromatic N) is 5. The van der Waals surface area contributed by atoms with E-state index in [0.717, 1.165) is 92.6 Å². The van der Waals surface area contributed by atoms with Crippen LogP contribution in [-0.2, 0) is 4.74 Å². The fraction of sp³-hybridized carbons (Fsp3) is 0.556. The van der Waals surface area contributed by atoms with E-state index in [1.165, 1.54) is 0 Å². The first-order valence-corrected chi connectivity index (χ1v) is 13.6. The van der Waals surface area contributed by atoms with Crippen LogP contribution in [0.3, 0.4) is 0 Å². The molecule has 10 heteroatoms. The molecule has 7 rings (SSSR count). The first kappa shape index (κ1) is 22.9. The summed E-state index contributed by atoms with van der Waals surface area (Å²) in [7, 11) is 0. The van der Waals surface area contributed by atoms with Gasteiger partial charge in [-0.2, -0.15) is 5.10 Å². The van der Waals surface area contributed by atoms with Crippen molar-refractivity contribution in [3.63, 3.8) is 0 Å². The van der Waals surface area contributed by atoms with Crippen LogP contribution in [0, 0.1) is 0 Å². The van der Waals surface area contributed by atoms with E-state index in [2.05, 4.69) is 15.5 Å². The minimum absolute atomic E-state index is 0.168. The van der Waals surface area contributed by atoms with Crippen LogP contribution >= 0.6 is 0 Å². The average Bonchev–Trinajstić information content (AvgIpc) is 3.51. The Bertz CT molecular complexity index is 1290. The summed E-state index contributed by atoms with van der Waals surface area (Å²) < 4.78 is 8.13. The molecule has 0 radical (unpaired) electrons. The first-order chi connectivity index (χ1) is 18.1. The number of morpholine rings is 1. The number of carbonyl (C=O) groups excluding carboxylic acids is 1. The minimum atomic E-state index is -0.221. The maximum atomic E-state index is 12.1. The van der Waals surface area contributed by atoms with Gasteiger partial charge in [0.15, 0.2) is 11.5 Å². The number of amides is 2. The molecule has 194 valence electrons. The Morgan fingerprint density at radius 2 is 1.68 bits per heavy atom. The van der Waals surface area contributed by atoms with E-state index in [0.29, 0.717) is 11.9 Å². The number of nitrogens with one attached hydrogen (secondary N) is 2. The first-order valence-electron chi connectivity index (χ1n) is 13.6. The molecule has 4 fully saturated rings. The third-order valence-electron chi connectivity index (χ3n) is 8.10. The second-order valence-corrected chi connectivity index (χ2v) is 11.0. The largest absolute Gasteiger partial charge is 0.393 e. The summed E-state index contributed by atoms with van der Waals surface area (Å²) in [5.41, 5.74) is 2.46. The van der Waals surface area contributed by atoms with Crippen molar-refractivity contribution < 1.29 is 14.6 Å². The number of hydrogen-bond acceptors (Lipinski definition) is 7. The highest BCUT2D eigenvalue weighted by Crippen LogP contribution is 2.36. The van der Waals surface area contributed by atoms with Gasteiger partial charge in [-0.1, -0.05) is 0 Å². The lowest BCUT2D eigenvalue weighted by Crippen LogP contribution is -2.43. The van der Waals surface area contributed by atoms with Crippen molar-refractivity contribution >= 4 is 28.6 Å². The molecule has 2 aliphatic carbocycles. The zero-order valence-electron chi connectivity index (χ0n) is 20.8. The Morgan fingerprint density at radius 1 is 0.946 bits per heavy atom. The molecule has 10 nitrogen and oxygen atoms in total. The molecule has 1 aromatic carbocycles. The van der Waals surface area contributed by atoms with Crippen LogP contribution in [0.15, 0.2) is 30.5 Å². The topological polar surface area (TPSA) is 117 Å². The van der Waals surface area contributed by atoms with Crippen molar-refractivity contribution in [2.75, 3.05) is 23.3 Å². The molecule has 37 heavy (non-hydrogen) atoms. The van der Waals surface area contributed by atoms with Gasteiger partial charge >= 0.3 is 6.03 Å². The summed E-state index contributed by atoms with van der Waals surface area (Å²) in [6.45, 7) is 1.64. The molecule has 2 bridgehead atoms. The van der Waals surface area contributed by atoms with Crippen LogP contribution in [0.5, 0.6) is 0 Å². The highest BCUT2D eigenvalue weighted by molar-refractivity contribution is 5.91. The van der Waals surface area contributed by atoms with Gasteiger partial charge in [0.2, 0.25) is 0 Å². The Labute approximate surface area is 215 Å². The molecule has 2 amide bonds. The number of hydrogen-bond donors (Lipinski definition) is 3. The molecule has 2 aliphatic heterocycles. The normalized spacial score (nSPS) is 27.4. The van der Waals surface area contributed by atoms with Gasteiger partial charge in [-0.05, 0) is 75.6 Å². The Kier molecular flexibility index (Phi) is 5.73. The van der Waals surface area contributed by atoms with E-state index >= 15 is 0 Å². The van der Waals surface area contributed by atoms with E-state index in [-0.39, 0.29) is 30.4 Å². The van der Waals surface area contributed by atoms with Crippen LogP contribution in [0.1, 0.15) is 57.4 Å². The van der Waals surface area contributed by atoms with Crippen molar-refractivity contribution in [2.45, 2.75) is 81.8 Å². The number of aromatic nitrogens is 4. The SMILES string of the molecule is O=C(Nc1ccc(-c2nc(N3C[C@H]4CC[C@H](C3)O4)c3cnn(C4CCC(O)CC4)c3n2)cc1)NC1CC1. The summed E-state index contributed by atoms with van der Waals surface area (Å²) >= 11 is 0. The molecule has 2 saturated heterocycles. The smallest absolute Gasteiger partial charge is 0.319 e. The van der Waals surface area contributed by atoms with Crippen LogP contribution in [0.4, 0.5) is 16.3 Å². The van der Waals surface area contributed by atoms with Gasteiger partial charge in [-0.3, -0.25) is 0 Å². The monoisotopic (exact) mass is 503 g/mol. The summed E-state index contributed by atoms with van der Waals surface area (Å²) in [5.74, 6) is 1.56. The molecule has 2 atom stereocenters. The Balaban J connectivity index is 1.23. The van der Waals surface area contributed by atoms with Crippen molar-refractivity contribution in [1.82, 2.24) is 25.1 Å². The molecule has 0 spiro atoms. The predicted molar refractivity (Wildman–Crippen MR) is 140 cm³/mol. The average molecular weight is 504 g/mol. The number of ether oxygens (including phenoxy) is 1. The van der Waals surface area contributed by atoms with Crippen molar-refractivity contribution in [3.8, 4) is 11.4 Å². The molecule has 4 heterocycles. The van der Waals surface area contributed by atoms with Gasteiger partial charge in [0.05, 0.1) is 35.9 Å². The molecule has 3 aromatic rings. The quantitative estimate of drug-likeness (QED) is 0.487. The number of benzene rings is 1. The number of urea groups is 1. The molecule has 3 N–H and O–H groups in total. The lowest BCUT2D eigenvalue weighted by Gasteiger charge is -2.33. The van der Waals surface area contributed by atoms with E-state index in [9.17, 15) is 9.90 Å². The molecular weight excluding hydrogens is 470 g/mol. The highest BCUT2D eigenvalue weighted by Gasteiger charge is 2.36. The summed E-state index contributed by atoms with van der Waals surface area (Å²) in [6, 6.07) is 8.06. The number of rotatable bonds is 5. The zero-order chi connectivity index (χ0) is 24.9. The van der Waals surface area contributed by atoms with Gasteiger partial charge in [0, 0.05) is 30.4 Å². The van der Waals surface area contributed by atoms with Gasteiger partial charge in [-0.15, -0.1) is 0 Å². The summed E-state index contributed by atoms with van der Waals surface area (Å²) in [4.78, 5) is 24.6. The fourth-order valence-electron chi connectivity index (χ4n) is 5.92. The van der Waals surface area contributed by atoms with Crippen LogP contribution in [-0.4, -0.2) is 68.3 Å². The van der Waals surface area contributed by atoms with Gasteiger partial charge in [-0.25, -0.2) is 19.4 Å². The second-order valence-electron chi connectivity index (χ2n) is 11.0. The lowest BCUT2D eigenvalue weighted by molar-refractivity contribution is 0.0303. The van der Waals surface area contributed by atoms with Crippen LogP contribution in [0.2, 0.25) is 0 Å². The molecular formula is C27H33N7O3. The molecule has 0 unspecified atom stereocenters. The maximum Gasteiger partial charge on any atom is 0.319 e. The molecule has 4 aliphatic rings. The van der Waals surface area contributed by atoms with Gasteiger partial charge < -0.3 is 25.4 Å². The van der Waals surface area contributed by atoms with Crippen LogP contribution < -0.4 is 15.5 Å². The summed E-state index contributed by atoms with van der Waals surface area (Å²) in [5, 5.41) is 21.6. The minimum Gasteiger partial charge on any atom is -0.393 e. The second kappa shape index (κ2) is 9.25. The molecule has 2 aromatic heterocycles. The third kappa shape index (κ3) is 4.64. The van der Waals surface area contributed by atoms with E-state index in [4.69, 9.17) is 19.8 Å². The number of aliphatic hydroxyl groups excluding tert-OH is 1. The number of anilines is 2. The number of fused-ring (bicyclic) bond motifs is 3. The van der Waals surface area contributed by atoms with Gasteiger partial charge in [0.25, 0.3) is 0 Å². The van der Waals surface area contributed by atoms with Crippen molar-refractivity contribution in [3.05, 3.63) is 30.5 Å². The van der Waals surface area contributed by atoms with Crippen molar-refractivity contribution in [2.24, 2.45) is 0 Å². The standard InChI is InChI=1S/C27H33N7O3/c35-20-9-7-19(8-10-20)34-26-23(13-28-34)25(33-14-21-11-12-22(15-33)37-21)31-24(32-26)16-1-3-17(4-2-16)29-27(36)30-18-5-6-18/h1-4,13,18-22,35H,5-12,14-15H2,(H2,29,30,36)/t19?,20?,21-,22-/m1/s1. The van der Waals surface area contributed by atoms with E-state index in [1.807, 2.05) is 35.1 Å². The maximum absolute atomic E-state index is 12.1. The summed E-state index contributed by atoms with van der Waals surface area (Å²) in [6.07, 6.45) is 9.80. The number of aliphatic hydroxyl groups is 1. The lowest BCUT2D eigenvalue weighted by atomic mass is 9.93. The van der Waals surface area contributed by atoms with Gasteiger partial charge in [0.1, 0.15) is 5.82 Å².